The maximum atomic E-state index is 12.2. The van der Waals surface area contributed by atoms with Crippen molar-refractivity contribution < 1.29 is 4.79 Å². The van der Waals surface area contributed by atoms with Crippen molar-refractivity contribution in [2.45, 2.75) is 38.1 Å². The third-order valence-corrected chi connectivity index (χ3v) is 3.90. The Labute approximate surface area is 114 Å². The van der Waals surface area contributed by atoms with Crippen LogP contribution in [0.5, 0.6) is 0 Å². The van der Waals surface area contributed by atoms with Crippen molar-refractivity contribution in [2.75, 3.05) is 7.05 Å². The highest BCUT2D eigenvalue weighted by Gasteiger charge is 2.26. The van der Waals surface area contributed by atoms with Crippen LogP contribution in [0.4, 0.5) is 0 Å². The molecule has 1 aromatic rings. The summed E-state index contributed by atoms with van der Waals surface area (Å²) >= 11 is 0. The molecule has 0 bridgehead atoms. The Morgan fingerprint density at radius 3 is 2.79 bits per heavy atom. The number of likely N-dealkylation sites (N-methyl/N-ethyl adjacent to an activating group) is 1. The van der Waals surface area contributed by atoms with Crippen molar-refractivity contribution in [3.8, 4) is 6.07 Å². The van der Waals surface area contributed by atoms with E-state index >= 15 is 0 Å². The predicted octanol–water partition coefficient (Wildman–Crippen LogP) is 2.16. The van der Waals surface area contributed by atoms with E-state index in [1.807, 2.05) is 24.1 Å². The second-order valence-electron chi connectivity index (χ2n) is 5.18. The van der Waals surface area contributed by atoms with Crippen LogP contribution in [0.15, 0.2) is 24.5 Å². The molecule has 0 unspecified atom stereocenters. The maximum absolute atomic E-state index is 12.2. The van der Waals surface area contributed by atoms with E-state index in [0.29, 0.717) is 6.42 Å². The minimum absolute atomic E-state index is 0.133. The van der Waals surface area contributed by atoms with Crippen LogP contribution in [-0.2, 0) is 11.2 Å². The van der Waals surface area contributed by atoms with E-state index in [1.165, 1.54) is 0 Å². The lowest BCUT2D eigenvalue weighted by Crippen LogP contribution is -2.40. The van der Waals surface area contributed by atoms with Gasteiger partial charge < -0.3 is 4.90 Å². The number of aromatic nitrogens is 1. The van der Waals surface area contributed by atoms with Gasteiger partial charge in [0, 0.05) is 31.4 Å². The third-order valence-electron chi connectivity index (χ3n) is 3.90. The van der Waals surface area contributed by atoms with E-state index in [9.17, 15) is 4.79 Å². The Morgan fingerprint density at radius 2 is 2.21 bits per heavy atom. The molecular formula is C15H19N3O. The summed E-state index contributed by atoms with van der Waals surface area (Å²) in [5, 5.41) is 8.88. The highest BCUT2D eigenvalue weighted by molar-refractivity contribution is 5.78. The Morgan fingerprint density at radius 1 is 1.47 bits per heavy atom. The number of rotatable bonds is 3. The van der Waals surface area contributed by atoms with Gasteiger partial charge >= 0.3 is 0 Å². The zero-order valence-corrected chi connectivity index (χ0v) is 11.2. The monoisotopic (exact) mass is 257 g/mol. The lowest BCUT2D eigenvalue weighted by molar-refractivity contribution is -0.131. The fraction of sp³-hybridized carbons (Fsp3) is 0.533. The van der Waals surface area contributed by atoms with Gasteiger partial charge in [-0.15, -0.1) is 0 Å². The molecular weight excluding hydrogens is 238 g/mol. The molecule has 0 radical (unpaired) electrons. The van der Waals surface area contributed by atoms with Crippen molar-refractivity contribution in [1.82, 2.24) is 9.88 Å². The van der Waals surface area contributed by atoms with E-state index in [0.717, 1.165) is 31.2 Å². The molecule has 0 N–H and O–H groups in total. The van der Waals surface area contributed by atoms with Gasteiger partial charge in [0.15, 0.2) is 0 Å². The van der Waals surface area contributed by atoms with Crippen molar-refractivity contribution in [3.05, 3.63) is 30.1 Å². The van der Waals surface area contributed by atoms with Crippen LogP contribution in [0.1, 0.15) is 31.2 Å². The predicted molar refractivity (Wildman–Crippen MR) is 72.1 cm³/mol. The quantitative estimate of drug-likeness (QED) is 0.833. The molecule has 1 aliphatic carbocycles. The van der Waals surface area contributed by atoms with Gasteiger partial charge in [-0.3, -0.25) is 9.78 Å². The number of carbonyl (C=O) groups is 1. The smallest absolute Gasteiger partial charge is 0.227 e. The minimum Gasteiger partial charge on any atom is -0.342 e. The fourth-order valence-electron chi connectivity index (χ4n) is 2.60. The first kappa shape index (κ1) is 13.5. The van der Waals surface area contributed by atoms with Gasteiger partial charge in [-0.1, -0.05) is 6.07 Å². The van der Waals surface area contributed by atoms with Gasteiger partial charge in [0.1, 0.15) is 0 Å². The third kappa shape index (κ3) is 3.54. The van der Waals surface area contributed by atoms with Gasteiger partial charge in [0.05, 0.1) is 12.5 Å². The van der Waals surface area contributed by atoms with Crippen LogP contribution in [0, 0.1) is 17.2 Å². The highest BCUT2D eigenvalue weighted by Crippen LogP contribution is 2.26. The second kappa shape index (κ2) is 6.33. The molecule has 19 heavy (non-hydrogen) atoms. The zero-order chi connectivity index (χ0) is 13.7. The summed E-state index contributed by atoms with van der Waals surface area (Å²) in [4.78, 5) is 18.1. The van der Waals surface area contributed by atoms with E-state index in [4.69, 9.17) is 5.26 Å². The summed E-state index contributed by atoms with van der Waals surface area (Å²) in [5.41, 5.74) is 0.949. The molecule has 100 valence electrons. The number of hydrogen-bond acceptors (Lipinski definition) is 3. The molecule has 0 saturated heterocycles. The first-order valence-electron chi connectivity index (χ1n) is 6.75. The first-order valence-corrected chi connectivity index (χ1v) is 6.75. The molecule has 1 aromatic heterocycles. The standard InChI is InChI=1S/C15H19N3O/c1-18(14-6-4-12(10-16)5-7-14)15(19)9-13-3-2-8-17-11-13/h2-3,8,11-12,14H,4-7,9H2,1H3. The molecule has 1 heterocycles. The maximum Gasteiger partial charge on any atom is 0.227 e. The lowest BCUT2D eigenvalue weighted by atomic mass is 9.86. The first-order chi connectivity index (χ1) is 9.20. The molecule has 4 nitrogen and oxygen atoms in total. The summed E-state index contributed by atoms with van der Waals surface area (Å²) in [6, 6.07) is 6.38. The van der Waals surface area contributed by atoms with Crippen LogP contribution in [0.3, 0.4) is 0 Å². The molecule has 1 amide bonds. The normalized spacial score (nSPS) is 22.5. The Bertz CT molecular complexity index is 458. The van der Waals surface area contributed by atoms with Crippen molar-refractivity contribution in [1.29, 1.82) is 5.26 Å². The van der Waals surface area contributed by atoms with E-state index < -0.39 is 0 Å². The largest absolute Gasteiger partial charge is 0.342 e. The van der Waals surface area contributed by atoms with Crippen LogP contribution in [0.2, 0.25) is 0 Å². The average Bonchev–Trinajstić information content (AvgIpc) is 2.47. The van der Waals surface area contributed by atoms with Gasteiger partial charge in [-0.05, 0) is 37.3 Å². The van der Waals surface area contributed by atoms with Crippen molar-refractivity contribution in [3.63, 3.8) is 0 Å². The zero-order valence-electron chi connectivity index (χ0n) is 11.2. The molecule has 1 fully saturated rings. The molecule has 0 atom stereocenters. The Kier molecular flexibility index (Phi) is 4.51. The second-order valence-corrected chi connectivity index (χ2v) is 5.18. The molecule has 0 aliphatic heterocycles. The summed E-state index contributed by atoms with van der Waals surface area (Å²) in [5.74, 6) is 0.312. The van der Waals surface area contributed by atoms with E-state index in [2.05, 4.69) is 11.1 Å². The lowest BCUT2D eigenvalue weighted by Gasteiger charge is -2.32. The molecule has 1 saturated carbocycles. The number of nitrogens with zero attached hydrogens (tertiary/aromatic N) is 3. The minimum atomic E-state index is 0.133. The number of pyridine rings is 1. The highest BCUT2D eigenvalue weighted by atomic mass is 16.2. The molecule has 0 aromatic carbocycles. The van der Waals surface area contributed by atoms with Crippen LogP contribution < -0.4 is 0 Å². The molecule has 4 heteroatoms. The fourth-order valence-corrected chi connectivity index (χ4v) is 2.60. The van der Waals surface area contributed by atoms with Crippen LogP contribution in [-0.4, -0.2) is 28.9 Å². The van der Waals surface area contributed by atoms with Crippen LogP contribution in [0.25, 0.3) is 0 Å². The molecule has 0 spiro atoms. The summed E-state index contributed by atoms with van der Waals surface area (Å²) in [7, 11) is 1.87. The number of carbonyl (C=O) groups excluding carboxylic acids is 1. The Balaban J connectivity index is 1.88. The number of nitriles is 1. The van der Waals surface area contributed by atoms with Crippen molar-refractivity contribution >= 4 is 5.91 Å². The van der Waals surface area contributed by atoms with Gasteiger partial charge in [-0.2, -0.15) is 5.26 Å². The molecule has 1 aliphatic rings. The summed E-state index contributed by atoms with van der Waals surface area (Å²) in [6.45, 7) is 0. The average molecular weight is 257 g/mol. The van der Waals surface area contributed by atoms with Gasteiger partial charge in [0.25, 0.3) is 0 Å². The molecule has 2 rings (SSSR count). The number of amides is 1. The van der Waals surface area contributed by atoms with Gasteiger partial charge in [-0.25, -0.2) is 0 Å². The van der Waals surface area contributed by atoms with Crippen LogP contribution >= 0.6 is 0 Å². The summed E-state index contributed by atoms with van der Waals surface area (Å²) in [6.07, 6.45) is 7.54. The van der Waals surface area contributed by atoms with Crippen molar-refractivity contribution in [2.24, 2.45) is 5.92 Å². The number of hydrogen-bond donors (Lipinski definition) is 0. The SMILES string of the molecule is CN(C(=O)Cc1cccnc1)C1CCC(C#N)CC1. The Hall–Kier alpha value is -1.89. The van der Waals surface area contributed by atoms with E-state index in [-0.39, 0.29) is 17.9 Å². The summed E-state index contributed by atoms with van der Waals surface area (Å²) < 4.78 is 0. The topological polar surface area (TPSA) is 57.0 Å². The van der Waals surface area contributed by atoms with E-state index in [1.54, 1.807) is 12.4 Å². The van der Waals surface area contributed by atoms with Gasteiger partial charge in [0.2, 0.25) is 5.91 Å².